The van der Waals surface area contributed by atoms with Gasteiger partial charge >= 0.3 is 0 Å². The average molecular weight is 447 g/mol. The molecule has 0 aliphatic heterocycles. The van der Waals surface area contributed by atoms with E-state index in [1.807, 2.05) is 0 Å². The fourth-order valence-electron chi connectivity index (χ4n) is 2.22. The molecule has 0 radical (unpaired) electrons. The maximum atomic E-state index is 13.0. The summed E-state index contributed by atoms with van der Waals surface area (Å²) in [6, 6.07) is 6.60. The van der Waals surface area contributed by atoms with E-state index in [-0.39, 0.29) is 23.9 Å². The Kier molecular flexibility index (Phi) is 5.59. The van der Waals surface area contributed by atoms with Crippen molar-refractivity contribution in [3.05, 3.63) is 63.9 Å². The van der Waals surface area contributed by atoms with Gasteiger partial charge in [-0.3, -0.25) is 9.48 Å². The molecule has 6 nitrogen and oxygen atoms in total. The van der Waals surface area contributed by atoms with Gasteiger partial charge in [0.2, 0.25) is 0 Å². The zero-order valence-electron chi connectivity index (χ0n) is 13.4. The van der Waals surface area contributed by atoms with Crippen LogP contribution < -0.4 is 5.32 Å². The number of hydrogen-bond acceptors (Lipinski definition) is 4. The number of halogens is 5. The zero-order chi connectivity index (χ0) is 19.6. The number of pyridine rings is 1. The summed E-state index contributed by atoms with van der Waals surface area (Å²) in [7, 11) is 0. The highest BCUT2D eigenvalue weighted by Crippen LogP contribution is 2.26. The number of carbonyl (C=O) groups is 1. The molecule has 0 aliphatic carbocycles. The summed E-state index contributed by atoms with van der Waals surface area (Å²) in [5.41, 5.74) is -1.41. The molecule has 11 heteroatoms. The minimum absolute atomic E-state index is 0.0884. The van der Waals surface area contributed by atoms with Crippen LogP contribution in [0.15, 0.2) is 45.4 Å². The van der Waals surface area contributed by atoms with Crippen molar-refractivity contribution in [3.63, 3.8) is 0 Å². The molecule has 3 heterocycles. The fraction of sp³-hybridized carbons (Fsp3) is 0.188. The van der Waals surface area contributed by atoms with Crippen molar-refractivity contribution >= 4 is 27.7 Å². The number of rotatable bonds is 6. The topological polar surface area (TPSA) is 73.0 Å². The molecule has 0 spiro atoms. The molecule has 3 rings (SSSR count). The van der Waals surface area contributed by atoms with Crippen LogP contribution in [0.5, 0.6) is 0 Å². The van der Waals surface area contributed by atoms with Gasteiger partial charge in [0.25, 0.3) is 18.8 Å². The molecule has 0 unspecified atom stereocenters. The van der Waals surface area contributed by atoms with Crippen LogP contribution in [0.2, 0.25) is 0 Å². The molecule has 0 atom stereocenters. The van der Waals surface area contributed by atoms with Gasteiger partial charge in [-0.1, -0.05) is 0 Å². The number of furan rings is 1. The highest BCUT2D eigenvalue weighted by atomic mass is 79.9. The van der Waals surface area contributed by atoms with Crippen LogP contribution in [-0.4, -0.2) is 20.7 Å². The van der Waals surface area contributed by atoms with E-state index in [2.05, 4.69) is 31.3 Å². The van der Waals surface area contributed by atoms with Crippen LogP contribution in [0.4, 0.5) is 23.4 Å². The van der Waals surface area contributed by atoms with Crippen LogP contribution in [0.25, 0.3) is 0 Å². The Hall–Kier alpha value is -2.69. The van der Waals surface area contributed by atoms with Crippen molar-refractivity contribution < 1.29 is 26.8 Å². The second kappa shape index (κ2) is 7.91. The molecule has 1 N–H and O–H groups in total. The van der Waals surface area contributed by atoms with Crippen LogP contribution in [0.3, 0.4) is 0 Å². The van der Waals surface area contributed by atoms with Crippen molar-refractivity contribution in [3.8, 4) is 0 Å². The third-order valence-electron chi connectivity index (χ3n) is 3.44. The molecule has 0 aliphatic rings. The summed E-state index contributed by atoms with van der Waals surface area (Å²) < 4.78 is 58.2. The Labute approximate surface area is 158 Å². The summed E-state index contributed by atoms with van der Waals surface area (Å²) in [5.74, 6) is -0.294. The van der Waals surface area contributed by atoms with Crippen molar-refractivity contribution in [2.75, 3.05) is 5.32 Å². The summed E-state index contributed by atoms with van der Waals surface area (Å²) in [5, 5.41) is 5.97. The van der Waals surface area contributed by atoms with E-state index in [0.29, 0.717) is 6.07 Å². The second-order valence-corrected chi connectivity index (χ2v) is 6.25. The van der Waals surface area contributed by atoms with Gasteiger partial charge in [0.05, 0.1) is 6.54 Å². The van der Waals surface area contributed by atoms with E-state index in [9.17, 15) is 22.4 Å². The lowest BCUT2D eigenvalue weighted by Gasteiger charge is -2.05. The molecule has 27 heavy (non-hydrogen) atoms. The SMILES string of the molecule is O=C(Nc1ccc(Br)cn1)c1ccc(Cn2nc(C(F)F)cc2C(F)F)o1. The number of nitrogens with one attached hydrogen (secondary N) is 1. The summed E-state index contributed by atoms with van der Waals surface area (Å²) in [4.78, 5) is 16.1. The van der Waals surface area contributed by atoms with E-state index in [0.717, 1.165) is 9.15 Å². The van der Waals surface area contributed by atoms with E-state index in [1.165, 1.54) is 18.3 Å². The Morgan fingerprint density at radius 3 is 2.59 bits per heavy atom. The number of hydrogen-bond donors (Lipinski definition) is 1. The molecule has 0 saturated heterocycles. The molecule has 3 aromatic rings. The third kappa shape index (κ3) is 4.54. The van der Waals surface area contributed by atoms with Gasteiger partial charge in [0, 0.05) is 10.7 Å². The zero-order valence-corrected chi connectivity index (χ0v) is 15.0. The Balaban J connectivity index is 1.74. The van der Waals surface area contributed by atoms with E-state index in [4.69, 9.17) is 4.42 Å². The molecule has 0 saturated carbocycles. The highest BCUT2D eigenvalue weighted by molar-refractivity contribution is 9.10. The van der Waals surface area contributed by atoms with E-state index < -0.39 is 30.1 Å². The molecular formula is C16H11BrF4N4O2. The highest BCUT2D eigenvalue weighted by Gasteiger charge is 2.22. The number of amides is 1. The Bertz CT molecular complexity index is 940. The van der Waals surface area contributed by atoms with E-state index >= 15 is 0 Å². The van der Waals surface area contributed by atoms with Crippen LogP contribution in [0, 0.1) is 0 Å². The van der Waals surface area contributed by atoms with Gasteiger partial charge in [0.1, 0.15) is 23.0 Å². The first kappa shape index (κ1) is 19.1. The van der Waals surface area contributed by atoms with Gasteiger partial charge in [-0.2, -0.15) is 5.10 Å². The van der Waals surface area contributed by atoms with Crippen molar-refractivity contribution in [1.29, 1.82) is 0 Å². The summed E-state index contributed by atoms with van der Waals surface area (Å²) in [6.07, 6.45) is -4.46. The monoisotopic (exact) mass is 446 g/mol. The minimum atomic E-state index is -2.98. The fourth-order valence-corrected chi connectivity index (χ4v) is 2.46. The van der Waals surface area contributed by atoms with Gasteiger partial charge in [-0.05, 0) is 46.3 Å². The largest absolute Gasteiger partial charge is 0.454 e. The van der Waals surface area contributed by atoms with Crippen LogP contribution >= 0.6 is 15.9 Å². The predicted octanol–water partition coefficient (Wildman–Crippen LogP) is 4.81. The Morgan fingerprint density at radius 2 is 1.96 bits per heavy atom. The normalized spacial score (nSPS) is 11.4. The number of nitrogens with zero attached hydrogens (tertiary/aromatic N) is 3. The van der Waals surface area contributed by atoms with Gasteiger partial charge in [-0.15, -0.1) is 0 Å². The second-order valence-electron chi connectivity index (χ2n) is 5.33. The first-order valence-corrected chi connectivity index (χ1v) is 8.28. The lowest BCUT2D eigenvalue weighted by molar-refractivity contribution is 0.0993. The van der Waals surface area contributed by atoms with Gasteiger partial charge in [-0.25, -0.2) is 22.5 Å². The van der Waals surface area contributed by atoms with Crippen molar-refractivity contribution in [1.82, 2.24) is 14.8 Å². The molecule has 0 fully saturated rings. The van der Waals surface area contributed by atoms with E-state index in [1.54, 1.807) is 12.1 Å². The molecule has 0 bridgehead atoms. The van der Waals surface area contributed by atoms with Crippen molar-refractivity contribution in [2.24, 2.45) is 0 Å². The molecule has 3 aromatic heterocycles. The standard InChI is InChI=1S/C16H11BrF4N4O2/c17-8-1-4-13(22-6-8)23-16(26)12-3-2-9(27-12)7-25-11(15(20)21)5-10(24-25)14(18)19/h1-6,14-15H,7H2,(H,22,23,26). The van der Waals surface area contributed by atoms with Gasteiger partial charge in [0.15, 0.2) is 5.76 Å². The molecule has 0 aromatic carbocycles. The summed E-state index contributed by atoms with van der Waals surface area (Å²) >= 11 is 3.22. The lowest BCUT2D eigenvalue weighted by atomic mass is 10.3. The molecule has 142 valence electrons. The molecular weight excluding hydrogens is 436 g/mol. The lowest BCUT2D eigenvalue weighted by Crippen LogP contribution is -2.12. The van der Waals surface area contributed by atoms with Crippen LogP contribution in [0.1, 0.15) is 40.6 Å². The number of anilines is 1. The van der Waals surface area contributed by atoms with Gasteiger partial charge < -0.3 is 9.73 Å². The number of aromatic nitrogens is 3. The third-order valence-corrected chi connectivity index (χ3v) is 3.91. The van der Waals surface area contributed by atoms with Crippen LogP contribution in [-0.2, 0) is 6.54 Å². The minimum Gasteiger partial charge on any atom is -0.454 e. The predicted molar refractivity (Wildman–Crippen MR) is 89.8 cm³/mol. The smallest absolute Gasteiger partial charge is 0.292 e. The Morgan fingerprint density at radius 1 is 1.19 bits per heavy atom. The average Bonchev–Trinajstić information content (AvgIpc) is 3.24. The number of carbonyl (C=O) groups excluding carboxylic acids is 1. The maximum Gasteiger partial charge on any atom is 0.292 e. The number of alkyl halides is 4. The quantitative estimate of drug-likeness (QED) is 0.551. The first-order valence-electron chi connectivity index (χ1n) is 7.49. The summed E-state index contributed by atoms with van der Waals surface area (Å²) in [6.45, 7) is -0.323. The molecule has 1 amide bonds. The maximum absolute atomic E-state index is 13.0. The van der Waals surface area contributed by atoms with Crippen molar-refractivity contribution in [2.45, 2.75) is 19.4 Å². The first-order chi connectivity index (χ1) is 12.8.